The van der Waals surface area contributed by atoms with Gasteiger partial charge in [0.15, 0.2) is 0 Å². The quantitative estimate of drug-likeness (QED) is 0.424. The summed E-state index contributed by atoms with van der Waals surface area (Å²) >= 11 is 0. The van der Waals surface area contributed by atoms with Crippen LogP contribution in [0.15, 0.2) is 61.3 Å². The lowest BCUT2D eigenvalue weighted by molar-refractivity contribution is 1.50. The van der Waals surface area contributed by atoms with Gasteiger partial charge in [0.25, 0.3) is 0 Å². The highest BCUT2D eigenvalue weighted by molar-refractivity contribution is 5.18. The van der Waals surface area contributed by atoms with Crippen LogP contribution in [0.1, 0.15) is 34.6 Å². The summed E-state index contributed by atoms with van der Waals surface area (Å²) in [5.41, 5.74) is 1.07. The molecule has 0 amide bonds. The van der Waals surface area contributed by atoms with Crippen molar-refractivity contribution < 1.29 is 0 Å². The zero-order valence-corrected chi connectivity index (χ0v) is 11.0. The van der Waals surface area contributed by atoms with Gasteiger partial charge in [-0.1, -0.05) is 68.5 Å². The van der Waals surface area contributed by atoms with E-state index in [0.29, 0.717) is 0 Å². The summed E-state index contributed by atoms with van der Waals surface area (Å²) in [5.74, 6) is 0. The number of hydrogen-bond acceptors (Lipinski definition) is 0. The predicted molar refractivity (Wildman–Crippen MR) is 75.1 cm³/mol. The average Bonchev–Trinajstić information content (AvgIpc) is 2.21. The molecule has 0 heteroatoms. The minimum absolute atomic E-state index is 1.07. The Labute approximate surface area is 96.4 Å². The fraction of sp³-hybridized carbons (Fsp3) is 0.333. The molecule has 0 aliphatic heterocycles. The van der Waals surface area contributed by atoms with Crippen LogP contribution in [0.25, 0.3) is 0 Å². The Balaban J connectivity index is -0.000000245. The van der Waals surface area contributed by atoms with Gasteiger partial charge in [-0.3, -0.25) is 0 Å². The Morgan fingerprint density at radius 2 is 1.33 bits per heavy atom. The van der Waals surface area contributed by atoms with E-state index in [-0.39, 0.29) is 0 Å². The van der Waals surface area contributed by atoms with Crippen LogP contribution in [-0.4, -0.2) is 0 Å². The van der Waals surface area contributed by atoms with Gasteiger partial charge in [0, 0.05) is 0 Å². The third-order valence-electron chi connectivity index (χ3n) is 0.907. The second-order valence-corrected chi connectivity index (χ2v) is 2.52. The van der Waals surface area contributed by atoms with Gasteiger partial charge in [0.2, 0.25) is 0 Å². The molecule has 0 aliphatic rings. The Morgan fingerprint density at radius 1 is 0.933 bits per heavy atom. The molecule has 0 aromatic rings. The Kier molecular flexibility index (Phi) is 29.6. The predicted octanol–water partition coefficient (Wildman–Crippen LogP) is 5.47. The van der Waals surface area contributed by atoms with Crippen molar-refractivity contribution in [2.75, 3.05) is 0 Å². The highest BCUT2D eigenvalue weighted by Gasteiger charge is 1.67. The van der Waals surface area contributed by atoms with Gasteiger partial charge in [-0.05, 0) is 20.8 Å². The first-order valence-electron chi connectivity index (χ1n) is 5.37. The Bertz CT molecular complexity index is 202. The smallest absolute Gasteiger partial charge is 0.0404 e. The molecule has 86 valence electrons. The molecule has 0 radical (unpaired) electrons. The molecule has 0 N–H and O–H groups in total. The van der Waals surface area contributed by atoms with Gasteiger partial charge >= 0.3 is 0 Å². The van der Waals surface area contributed by atoms with Crippen LogP contribution in [0.4, 0.5) is 0 Å². The minimum Gasteiger partial charge on any atom is -0.103 e. The fourth-order valence-corrected chi connectivity index (χ4v) is 0.459. The van der Waals surface area contributed by atoms with Crippen molar-refractivity contribution in [3.05, 3.63) is 61.3 Å². The van der Waals surface area contributed by atoms with Crippen molar-refractivity contribution in [1.29, 1.82) is 0 Å². The lowest BCUT2D eigenvalue weighted by atomic mass is 10.3. The lowest BCUT2D eigenvalue weighted by Gasteiger charge is -1.79. The number of allylic oxidation sites excluding steroid dienone is 8. The first kappa shape index (κ1) is 19.3. The molecule has 0 heterocycles. The van der Waals surface area contributed by atoms with E-state index in [1.807, 2.05) is 71.1 Å². The third kappa shape index (κ3) is 44.8. The maximum absolute atomic E-state index is 3.73. The largest absolute Gasteiger partial charge is 0.103 e. The summed E-state index contributed by atoms with van der Waals surface area (Å²) in [6.07, 6.45) is 13.6. The molecule has 0 atom stereocenters. The second-order valence-electron chi connectivity index (χ2n) is 2.52. The summed E-state index contributed by atoms with van der Waals surface area (Å²) in [7, 11) is 0. The van der Waals surface area contributed by atoms with Crippen molar-refractivity contribution in [3.63, 3.8) is 0 Å². The molecular weight excluding hydrogens is 180 g/mol. The number of rotatable bonds is 3. The van der Waals surface area contributed by atoms with Crippen molar-refractivity contribution in [2.24, 2.45) is 0 Å². The Hall–Kier alpha value is -1.30. The van der Waals surface area contributed by atoms with Crippen LogP contribution in [0.2, 0.25) is 0 Å². The van der Waals surface area contributed by atoms with Crippen LogP contribution in [0.3, 0.4) is 0 Å². The summed E-state index contributed by atoms with van der Waals surface area (Å²) in [4.78, 5) is 0. The highest BCUT2D eigenvalue weighted by atomic mass is 13.7. The summed E-state index contributed by atoms with van der Waals surface area (Å²) in [6.45, 7) is 16.9. The van der Waals surface area contributed by atoms with Gasteiger partial charge < -0.3 is 0 Å². The second kappa shape index (κ2) is 23.0. The third-order valence-corrected chi connectivity index (χ3v) is 0.907. The fourth-order valence-electron chi connectivity index (χ4n) is 0.459. The number of hydrogen-bond donors (Lipinski definition) is 0. The molecule has 0 saturated heterocycles. The summed E-state index contributed by atoms with van der Waals surface area (Å²) in [5, 5.41) is 0. The minimum atomic E-state index is 1.07. The highest BCUT2D eigenvalue weighted by Crippen LogP contribution is 1.89. The van der Waals surface area contributed by atoms with Crippen molar-refractivity contribution in [3.8, 4) is 0 Å². The molecular formula is C15H26. The molecule has 0 unspecified atom stereocenters. The van der Waals surface area contributed by atoms with Gasteiger partial charge in [0.1, 0.15) is 0 Å². The molecule has 15 heavy (non-hydrogen) atoms. The maximum atomic E-state index is 3.73. The molecule has 0 rings (SSSR count). The van der Waals surface area contributed by atoms with Crippen molar-refractivity contribution >= 4 is 0 Å². The van der Waals surface area contributed by atoms with Gasteiger partial charge in [0.05, 0.1) is 0 Å². The van der Waals surface area contributed by atoms with Gasteiger partial charge in [-0.25, -0.2) is 0 Å². The van der Waals surface area contributed by atoms with E-state index in [4.69, 9.17) is 0 Å². The van der Waals surface area contributed by atoms with Crippen LogP contribution in [0, 0.1) is 0 Å². The molecule has 0 saturated carbocycles. The van der Waals surface area contributed by atoms with Crippen molar-refractivity contribution in [2.45, 2.75) is 34.6 Å². The topological polar surface area (TPSA) is 0 Å². The first-order chi connectivity index (χ1) is 7.18. The average molecular weight is 206 g/mol. The van der Waals surface area contributed by atoms with E-state index in [1.165, 1.54) is 0 Å². The van der Waals surface area contributed by atoms with E-state index in [9.17, 15) is 0 Å². The molecule has 0 aliphatic carbocycles. The summed E-state index contributed by atoms with van der Waals surface area (Å²) in [6, 6.07) is 0. The molecule has 0 aromatic carbocycles. The molecule has 0 spiro atoms. The monoisotopic (exact) mass is 206 g/mol. The van der Waals surface area contributed by atoms with Crippen molar-refractivity contribution in [1.82, 2.24) is 0 Å². The molecule has 0 aromatic heterocycles. The Morgan fingerprint density at radius 3 is 1.67 bits per heavy atom. The van der Waals surface area contributed by atoms with E-state index in [1.54, 1.807) is 6.08 Å². The van der Waals surface area contributed by atoms with Gasteiger partial charge in [-0.2, -0.15) is 0 Å². The van der Waals surface area contributed by atoms with Crippen LogP contribution in [-0.2, 0) is 0 Å². The van der Waals surface area contributed by atoms with Crippen LogP contribution in [0.5, 0.6) is 0 Å². The molecule has 0 fully saturated rings. The standard InChI is InChI=1S/C10H14.C3H6.C2H6/c1-4-5-6-7-8-9-10(2)3;1-3-2;1-2/h4-9H,2H2,1,3H3;3H,1H2,2H3;1-2H3/b5-4+,7-6-,9-8-;;. The maximum Gasteiger partial charge on any atom is -0.0404 e. The molecule has 0 nitrogen and oxygen atoms in total. The van der Waals surface area contributed by atoms with Gasteiger partial charge in [-0.15, -0.1) is 6.58 Å². The van der Waals surface area contributed by atoms with Crippen LogP contribution < -0.4 is 0 Å². The normalized spacial score (nSPS) is 9.40. The lowest BCUT2D eigenvalue weighted by Crippen LogP contribution is -1.57. The SMILES string of the molecule is C=C(C)\C=C/C=C\C=C\C.C=CC.CC. The van der Waals surface area contributed by atoms with E-state index < -0.39 is 0 Å². The van der Waals surface area contributed by atoms with E-state index in [2.05, 4.69) is 13.2 Å². The van der Waals surface area contributed by atoms with E-state index in [0.717, 1.165) is 5.57 Å². The van der Waals surface area contributed by atoms with Crippen LogP contribution >= 0.6 is 0 Å². The first-order valence-corrected chi connectivity index (χ1v) is 5.37. The molecule has 0 bridgehead atoms. The summed E-state index contributed by atoms with van der Waals surface area (Å²) < 4.78 is 0. The zero-order valence-electron chi connectivity index (χ0n) is 11.0. The van der Waals surface area contributed by atoms with E-state index >= 15 is 0 Å². The zero-order chi connectivity index (χ0) is 12.5.